The van der Waals surface area contributed by atoms with Crippen LogP contribution >= 0.6 is 0 Å². The topological polar surface area (TPSA) is 15.3 Å². The molecule has 17 heavy (non-hydrogen) atoms. The molecule has 1 fully saturated rings. The van der Waals surface area contributed by atoms with Crippen LogP contribution in [0.1, 0.15) is 53.4 Å². The van der Waals surface area contributed by atoms with Gasteiger partial charge >= 0.3 is 0 Å². The Labute approximate surface area is 108 Å². The van der Waals surface area contributed by atoms with Crippen molar-refractivity contribution in [2.24, 2.45) is 11.8 Å². The van der Waals surface area contributed by atoms with Crippen molar-refractivity contribution in [2.45, 2.75) is 59.4 Å². The summed E-state index contributed by atoms with van der Waals surface area (Å²) in [5.41, 5.74) is 0. The van der Waals surface area contributed by atoms with Gasteiger partial charge < -0.3 is 10.2 Å². The van der Waals surface area contributed by atoms with Crippen LogP contribution in [0.3, 0.4) is 0 Å². The van der Waals surface area contributed by atoms with Gasteiger partial charge in [-0.1, -0.05) is 20.8 Å². The first-order valence-electron chi connectivity index (χ1n) is 7.59. The summed E-state index contributed by atoms with van der Waals surface area (Å²) in [6.07, 6.45) is 5.46. The Bertz CT molecular complexity index is 191. The normalized spacial score (nSPS) is 24.9. The van der Waals surface area contributed by atoms with Crippen LogP contribution in [0.4, 0.5) is 0 Å². The number of rotatable bonds is 6. The van der Waals surface area contributed by atoms with E-state index >= 15 is 0 Å². The quantitative estimate of drug-likeness (QED) is 0.767. The third-order valence-corrected chi connectivity index (χ3v) is 4.08. The lowest BCUT2D eigenvalue weighted by atomic mass is 9.89. The number of hydrogen-bond donors (Lipinski definition) is 1. The first-order valence-corrected chi connectivity index (χ1v) is 7.59. The Balaban J connectivity index is 2.26. The van der Waals surface area contributed by atoms with Gasteiger partial charge in [-0.15, -0.1) is 0 Å². The lowest BCUT2D eigenvalue weighted by Gasteiger charge is -2.25. The first kappa shape index (κ1) is 15.0. The lowest BCUT2D eigenvalue weighted by molar-refractivity contribution is 0.248. The minimum atomic E-state index is 0.644. The Morgan fingerprint density at radius 3 is 2.59 bits per heavy atom. The van der Waals surface area contributed by atoms with E-state index in [1.165, 1.54) is 45.3 Å². The standard InChI is InChI=1S/C15H32N2/c1-5-9-16-14(4)12-17-10-6-7-15(8-11-17)13(2)3/h13-16H,5-12H2,1-4H3. The van der Waals surface area contributed by atoms with Crippen molar-refractivity contribution in [3.8, 4) is 0 Å². The molecule has 2 heteroatoms. The van der Waals surface area contributed by atoms with Crippen LogP contribution in [0.2, 0.25) is 0 Å². The Kier molecular flexibility index (Phi) is 7.14. The summed E-state index contributed by atoms with van der Waals surface area (Å²) in [7, 11) is 0. The molecular weight excluding hydrogens is 208 g/mol. The molecular formula is C15H32N2. The molecule has 0 spiro atoms. The van der Waals surface area contributed by atoms with Crippen molar-refractivity contribution in [1.29, 1.82) is 0 Å². The van der Waals surface area contributed by atoms with Gasteiger partial charge in [-0.2, -0.15) is 0 Å². The van der Waals surface area contributed by atoms with Crippen molar-refractivity contribution in [3.63, 3.8) is 0 Å². The molecule has 2 atom stereocenters. The summed E-state index contributed by atoms with van der Waals surface area (Å²) < 4.78 is 0. The molecule has 1 rings (SSSR count). The smallest absolute Gasteiger partial charge is 0.0166 e. The molecule has 1 heterocycles. The predicted octanol–water partition coefficient (Wildman–Crippen LogP) is 3.13. The molecule has 1 aliphatic heterocycles. The van der Waals surface area contributed by atoms with Gasteiger partial charge in [0.2, 0.25) is 0 Å². The molecule has 0 aliphatic carbocycles. The minimum Gasteiger partial charge on any atom is -0.313 e. The number of hydrogen-bond acceptors (Lipinski definition) is 2. The SMILES string of the molecule is CCCNC(C)CN1CCCC(C(C)C)CC1. The number of nitrogens with zero attached hydrogens (tertiary/aromatic N) is 1. The fourth-order valence-corrected chi connectivity index (χ4v) is 2.87. The van der Waals surface area contributed by atoms with E-state index < -0.39 is 0 Å². The second kappa shape index (κ2) is 8.10. The van der Waals surface area contributed by atoms with Gasteiger partial charge in [-0.25, -0.2) is 0 Å². The molecule has 2 nitrogen and oxygen atoms in total. The third-order valence-electron chi connectivity index (χ3n) is 4.08. The van der Waals surface area contributed by atoms with Crippen LogP contribution < -0.4 is 5.32 Å². The van der Waals surface area contributed by atoms with E-state index in [4.69, 9.17) is 0 Å². The molecule has 2 unspecified atom stereocenters. The second-order valence-corrected chi connectivity index (χ2v) is 6.09. The van der Waals surface area contributed by atoms with E-state index in [1.807, 2.05) is 0 Å². The highest BCUT2D eigenvalue weighted by atomic mass is 15.1. The maximum atomic E-state index is 3.59. The van der Waals surface area contributed by atoms with Crippen molar-refractivity contribution in [3.05, 3.63) is 0 Å². The van der Waals surface area contributed by atoms with Gasteiger partial charge in [0.05, 0.1) is 0 Å². The summed E-state index contributed by atoms with van der Waals surface area (Å²) in [6, 6.07) is 0.644. The minimum absolute atomic E-state index is 0.644. The zero-order valence-electron chi connectivity index (χ0n) is 12.3. The average Bonchev–Trinajstić information content (AvgIpc) is 2.52. The van der Waals surface area contributed by atoms with E-state index in [2.05, 4.69) is 37.9 Å². The summed E-state index contributed by atoms with van der Waals surface area (Å²) in [6.45, 7) is 14.3. The highest BCUT2D eigenvalue weighted by molar-refractivity contribution is 4.75. The van der Waals surface area contributed by atoms with Crippen LogP contribution in [0.25, 0.3) is 0 Å². The molecule has 102 valence electrons. The third kappa shape index (κ3) is 5.87. The van der Waals surface area contributed by atoms with Crippen molar-refractivity contribution in [1.82, 2.24) is 10.2 Å². The van der Waals surface area contributed by atoms with Crippen LogP contribution in [0, 0.1) is 11.8 Å². The van der Waals surface area contributed by atoms with E-state index in [-0.39, 0.29) is 0 Å². The largest absolute Gasteiger partial charge is 0.313 e. The average molecular weight is 240 g/mol. The van der Waals surface area contributed by atoms with Gasteiger partial charge in [0, 0.05) is 12.6 Å². The molecule has 1 saturated heterocycles. The van der Waals surface area contributed by atoms with E-state index in [0.717, 1.165) is 18.4 Å². The summed E-state index contributed by atoms with van der Waals surface area (Å²) in [5, 5.41) is 3.59. The molecule has 1 aliphatic rings. The van der Waals surface area contributed by atoms with Crippen molar-refractivity contribution >= 4 is 0 Å². The van der Waals surface area contributed by atoms with Gasteiger partial charge in [0.15, 0.2) is 0 Å². The molecule has 0 aromatic carbocycles. The Morgan fingerprint density at radius 1 is 1.18 bits per heavy atom. The number of likely N-dealkylation sites (tertiary alicyclic amines) is 1. The summed E-state index contributed by atoms with van der Waals surface area (Å²) >= 11 is 0. The summed E-state index contributed by atoms with van der Waals surface area (Å²) in [5.74, 6) is 1.82. The van der Waals surface area contributed by atoms with Gasteiger partial charge in [-0.05, 0) is 64.1 Å². The van der Waals surface area contributed by atoms with Gasteiger partial charge in [0.1, 0.15) is 0 Å². The Morgan fingerprint density at radius 2 is 1.94 bits per heavy atom. The molecule has 0 radical (unpaired) electrons. The van der Waals surface area contributed by atoms with Crippen LogP contribution in [0.15, 0.2) is 0 Å². The number of nitrogens with one attached hydrogen (secondary N) is 1. The zero-order chi connectivity index (χ0) is 12.7. The van der Waals surface area contributed by atoms with Crippen LogP contribution in [-0.4, -0.2) is 37.1 Å². The van der Waals surface area contributed by atoms with Gasteiger partial charge in [-0.3, -0.25) is 0 Å². The van der Waals surface area contributed by atoms with Crippen LogP contribution in [0.5, 0.6) is 0 Å². The van der Waals surface area contributed by atoms with E-state index in [9.17, 15) is 0 Å². The maximum absolute atomic E-state index is 3.59. The second-order valence-electron chi connectivity index (χ2n) is 6.09. The lowest BCUT2D eigenvalue weighted by Crippen LogP contribution is -2.40. The summed E-state index contributed by atoms with van der Waals surface area (Å²) in [4.78, 5) is 2.66. The monoisotopic (exact) mass is 240 g/mol. The molecule has 0 aromatic heterocycles. The molecule has 0 amide bonds. The molecule has 0 bridgehead atoms. The predicted molar refractivity (Wildman–Crippen MR) is 76.4 cm³/mol. The van der Waals surface area contributed by atoms with Crippen molar-refractivity contribution < 1.29 is 0 Å². The Hall–Kier alpha value is -0.0800. The van der Waals surface area contributed by atoms with Crippen molar-refractivity contribution in [2.75, 3.05) is 26.2 Å². The fraction of sp³-hybridized carbons (Fsp3) is 1.00. The van der Waals surface area contributed by atoms with Crippen LogP contribution in [-0.2, 0) is 0 Å². The van der Waals surface area contributed by atoms with E-state index in [0.29, 0.717) is 6.04 Å². The fourth-order valence-electron chi connectivity index (χ4n) is 2.87. The molecule has 1 N–H and O–H groups in total. The van der Waals surface area contributed by atoms with E-state index in [1.54, 1.807) is 0 Å². The maximum Gasteiger partial charge on any atom is 0.0166 e. The first-order chi connectivity index (χ1) is 8.13. The van der Waals surface area contributed by atoms with Gasteiger partial charge in [0.25, 0.3) is 0 Å². The molecule has 0 aromatic rings. The highest BCUT2D eigenvalue weighted by Gasteiger charge is 2.20. The zero-order valence-corrected chi connectivity index (χ0v) is 12.3. The molecule has 0 saturated carbocycles. The highest BCUT2D eigenvalue weighted by Crippen LogP contribution is 2.24.